The van der Waals surface area contributed by atoms with Crippen molar-refractivity contribution in [3.63, 3.8) is 0 Å². The molecule has 16 heavy (non-hydrogen) atoms. The average molecular weight is 230 g/mol. The molecule has 80 valence electrons. The highest BCUT2D eigenvalue weighted by Crippen LogP contribution is 2.25. The molecule has 0 spiro atoms. The monoisotopic (exact) mass is 230 g/mol. The number of aromatic amines is 1. The van der Waals surface area contributed by atoms with E-state index in [4.69, 9.17) is 5.73 Å². The Morgan fingerprint density at radius 1 is 1.31 bits per heavy atom. The number of allylic oxidation sites excluding steroid dienone is 2. The highest BCUT2D eigenvalue weighted by Gasteiger charge is 2.10. The molecule has 2 aromatic rings. The maximum atomic E-state index is 5.66. The summed E-state index contributed by atoms with van der Waals surface area (Å²) >= 11 is 1.55. The van der Waals surface area contributed by atoms with Gasteiger partial charge >= 0.3 is 0 Å². The van der Waals surface area contributed by atoms with Gasteiger partial charge in [-0.2, -0.15) is 0 Å². The van der Waals surface area contributed by atoms with E-state index in [1.54, 1.807) is 11.9 Å². The van der Waals surface area contributed by atoms with Crippen molar-refractivity contribution >= 4 is 34.6 Å². The summed E-state index contributed by atoms with van der Waals surface area (Å²) in [7, 11) is 0. The fraction of sp³-hybridized carbons (Fsp3) is 0. The first-order valence-electron chi connectivity index (χ1n) is 4.88. The van der Waals surface area contributed by atoms with Crippen LogP contribution in [0.3, 0.4) is 0 Å². The van der Waals surface area contributed by atoms with E-state index in [1.807, 2.05) is 35.8 Å². The first-order valence-corrected chi connectivity index (χ1v) is 5.75. The van der Waals surface area contributed by atoms with Crippen molar-refractivity contribution in [1.29, 1.82) is 0 Å². The van der Waals surface area contributed by atoms with Crippen LogP contribution >= 0.6 is 11.9 Å². The van der Waals surface area contributed by atoms with Crippen LogP contribution in [-0.4, -0.2) is 9.97 Å². The van der Waals surface area contributed by atoms with Crippen molar-refractivity contribution in [3.05, 3.63) is 41.3 Å². The van der Waals surface area contributed by atoms with Crippen molar-refractivity contribution in [2.75, 3.05) is 5.73 Å². The molecular formula is C11H10N4S. The zero-order valence-electron chi connectivity index (χ0n) is 8.40. The highest BCUT2D eigenvalue weighted by atomic mass is 32.2. The summed E-state index contributed by atoms with van der Waals surface area (Å²) < 4.78 is 3.23. The number of H-pyrrole nitrogens is 1. The summed E-state index contributed by atoms with van der Waals surface area (Å²) in [5.74, 6) is 0.446. The van der Waals surface area contributed by atoms with Gasteiger partial charge in [0.05, 0.1) is 16.7 Å². The van der Waals surface area contributed by atoms with Crippen LogP contribution in [0.1, 0.15) is 5.56 Å². The third-order valence-corrected chi connectivity index (χ3v) is 3.03. The highest BCUT2D eigenvalue weighted by molar-refractivity contribution is 8.00. The minimum absolute atomic E-state index is 0.446. The number of benzene rings is 1. The van der Waals surface area contributed by atoms with E-state index < -0.39 is 0 Å². The second-order valence-corrected chi connectivity index (χ2v) is 4.16. The Morgan fingerprint density at radius 3 is 3.06 bits per heavy atom. The number of nitrogen functional groups attached to an aromatic ring is 1. The second-order valence-electron chi connectivity index (χ2n) is 3.45. The van der Waals surface area contributed by atoms with Crippen LogP contribution in [0.4, 0.5) is 5.95 Å². The topological polar surface area (TPSA) is 66.7 Å². The summed E-state index contributed by atoms with van der Waals surface area (Å²) in [5, 5.41) is 1.99. The molecule has 0 saturated heterocycles. The Kier molecular flexibility index (Phi) is 2.11. The van der Waals surface area contributed by atoms with Gasteiger partial charge in [-0.15, -0.1) is 0 Å². The van der Waals surface area contributed by atoms with Crippen LogP contribution in [0, 0.1) is 0 Å². The Balaban J connectivity index is 2.22. The molecule has 4 nitrogen and oxygen atoms in total. The van der Waals surface area contributed by atoms with Gasteiger partial charge in [0.15, 0.2) is 5.95 Å². The van der Waals surface area contributed by atoms with Gasteiger partial charge in [-0.05, 0) is 29.5 Å². The van der Waals surface area contributed by atoms with Gasteiger partial charge in [-0.3, -0.25) is 0 Å². The molecule has 1 aromatic heterocycles. The number of hydrogen-bond acceptors (Lipinski definition) is 4. The van der Waals surface area contributed by atoms with E-state index in [9.17, 15) is 0 Å². The molecule has 1 aliphatic heterocycles. The predicted molar refractivity (Wildman–Crippen MR) is 68.3 cm³/mol. The quantitative estimate of drug-likeness (QED) is 0.657. The number of anilines is 1. The zero-order valence-corrected chi connectivity index (χ0v) is 9.21. The van der Waals surface area contributed by atoms with E-state index >= 15 is 0 Å². The smallest absolute Gasteiger partial charge is 0.198 e. The maximum absolute atomic E-state index is 5.66. The lowest BCUT2D eigenvalue weighted by Crippen LogP contribution is -2.03. The van der Waals surface area contributed by atoms with Gasteiger partial charge in [-0.25, -0.2) is 4.98 Å². The number of fused-ring (bicyclic) bond motifs is 1. The Hall–Kier alpha value is -1.88. The summed E-state index contributed by atoms with van der Waals surface area (Å²) in [4.78, 5) is 7.32. The first kappa shape index (κ1) is 9.35. The van der Waals surface area contributed by atoms with Gasteiger partial charge in [0, 0.05) is 5.56 Å². The second kappa shape index (κ2) is 3.61. The van der Waals surface area contributed by atoms with Gasteiger partial charge in [0.1, 0.15) is 0 Å². The number of para-hydroxylation sites is 1. The third kappa shape index (κ3) is 1.45. The predicted octanol–water partition coefficient (Wildman–Crippen LogP) is 2.25. The zero-order chi connectivity index (χ0) is 11.0. The van der Waals surface area contributed by atoms with Crippen LogP contribution < -0.4 is 10.5 Å². The Morgan fingerprint density at radius 2 is 2.25 bits per heavy atom. The number of nitrogens with one attached hydrogen (secondary N) is 2. The van der Waals surface area contributed by atoms with Gasteiger partial charge in [0.2, 0.25) is 0 Å². The van der Waals surface area contributed by atoms with Crippen LogP contribution in [0.15, 0.2) is 35.8 Å². The van der Waals surface area contributed by atoms with E-state index in [0.29, 0.717) is 5.95 Å². The lowest BCUT2D eigenvalue weighted by atomic mass is 10.1. The minimum Gasteiger partial charge on any atom is -0.369 e. The van der Waals surface area contributed by atoms with E-state index in [-0.39, 0.29) is 0 Å². The number of nitrogens with two attached hydrogens (primary N) is 1. The summed E-state index contributed by atoms with van der Waals surface area (Å²) in [6.45, 7) is 0. The molecule has 1 aliphatic rings. The Bertz CT molecular complexity index is 597. The van der Waals surface area contributed by atoms with Crippen molar-refractivity contribution in [1.82, 2.24) is 14.7 Å². The van der Waals surface area contributed by atoms with Crippen molar-refractivity contribution in [2.45, 2.75) is 0 Å². The summed E-state index contributed by atoms with van der Waals surface area (Å²) in [6, 6.07) is 5.98. The minimum atomic E-state index is 0.446. The molecule has 0 fully saturated rings. The van der Waals surface area contributed by atoms with E-state index in [0.717, 1.165) is 22.3 Å². The standard InChI is InChI=1S/C11H10N4S/c12-11-13-9-4-1-3-7(10(9)14-11)8-5-2-6-16-15-8/h1-6,15H,(H3,12,13,14). The van der Waals surface area contributed by atoms with Crippen LogP contribution in [0.2, 0.25) is 0 Å². The van der Waals surface area contributed by atoms with Crippen molar-refractivity contribution in [3.8, 4) is 0 Å². The van der Waals surface area contributed by atoms with Crippen LogP contribution in [0.25, 0.3) is 16.7 Å². The lowest BCUT2D eigenvalue weighted by Gasteiger charge is -2.11. The molecule has 5 heteroatoms. The molecule has 0 unspecified atom stereocenters. The van der Waals surface area contributed by atoms with E-state index in [1.165, 1.54) is 0 Å². The fourth-order valence-electron chi connectivity index (χ4n) is 1.72. The lowest BCUT2D eigenvalue weighted by molar-refractivity contribution is 1.35. The molecule has 4 N–H and O–H groups in total. The molecular weight excluding hydrogens is 220 g/mol. The number of rotatable bonds is 1. The molecule has 1 aromatic carbocycles. The number of aromatic nitrogens is 2. The third-order valence-electron chi connectivity index (χ3n) is 2.40. The molecule has 0 saturated carbocycles. The molecule has 2 heterocycles. The Labute approximate surface area is 96.8 Å². The normalized spacial score (nSPS) is 14.9. The molecule has 3 rings (SSSR count). The molecule has 0 atom stereocenters. The first-order chi connectivity index (χ1) is 7.84. The summed E-state index contributed by atoms with van der Waals surface area (Å²) in [6.07, 6.45) is 4.03. The SMILES string of the molecule is Nc1nc2c(C3=CC=CSN3)cccc2[nH]1. The largest absolute Gasteiger partial charge is 0.369 e. The van der Waals surface area contributed by atoms with Crippen molar-refractivity contribution < 1.29 is 0 Å². The molecule has 0 bridgehead atoms. The van der Waals surface area contributed by atoms with Gasteiger partial charge < -0.3 is 15.4 Å². The van der Waals surface area contributed by atoms with Gasteiger partial charge in [0.25, 0.3) is 0 Å². The molecule has 0 aliphatic carbocycles. The number of imidazole rings is 1. The van der Waals surface area contributed by atoms with Crippen LogP contribution in [0.5, 0.6) is 0 Å². The number of hydrogen-bond donors (Lipinski definition) is 3. The maximum Gasteiger partial charge on any atom is 0.198 e. The summed E-state index contributed by atoms with van der Waals surface area (Å²) in [5.41, 5.74) is 9.62. The van der Waals surface area contributed by atoms with Crippen molar-refractivity contribution in [2.24, 2.45) is 0 Å². The number of nitrogens with zero attached hydrogens (tertiary/aromatic N) is 1. The van der Waals surface area contributed by atoms with Gasteiger partial charge in [-0.1, -0.05) is 18.2 Å². The van der Waals surface area contributed by atoms with Crippen LogP contribution in [-0.2, 0) is 0 Å². The fourth-order valence-corrected chi connectivity index (χ4v) is 2.25. The van der Waals surface area contributed by atoms with E-state index in [2.05, 4.69) is 14.7 Å². The molecule has 0 amide bonds. The molecule has 0 radical (unpaired) electrons. The average Bonchev–Trinajstić information content (AvgIpc) is 2.70.